The van der Waals surface area contributed by atoms with Crippen LogP contribution in [0.1, 0.15) is 10.4 Å². The lowest BCUT2D eigenvalue weighted by Gasteiger charge is -2.19. The van der Waals surface area contributed by atoms with Crippen LogP contribution in [-0.4, -0.2) is 40.1 Å². The molecule has 3 rings (SSSR count). The highest BCUT2D eigenvalue weighted by Gasteiger charge is 2.19. The van der Waals surface area contributed by atoms with Gasteiger partial charge in [-0.25, -0.2) is 22.7 Å². The van der Waals surface area contributed by atoms with E-state index in [1.165, 1.54) is 0 Å². The van der Waals surface area contributed by atoms with Crippen LogP contribution in [0, 0.1) is 5.82 Å². The number of rotatable bonds is 5. The Morgan fingerprint density at radius 1 is 1.11 bits per heavy atom. The molecule has 9 nitrogen and oxygen atoms in total. The molecule has 0 spiro atoms. The number of hydrogen-bond acceptors (Lipinski definition) is 7. The van der Waals surface area contributed by atoms with Crippen molar-refractivity contribution in [1.82, 2.24) is 0 Å². The van der Waals surface area contributed by atoms with Crippen LogP contribution in [0.3, 0.4) is 0 Å². The molecule has 1 aliphatic rings. The number of halogens is 1. The van der Waals surface area contributed by atoms with Crippen LogP contribution in [0.25, 0.3) is 0 Å². The average Bonchev–Trinajstić information content (AvgIpc) is 2.65. The van der Waals surface area contributed by atoms with E-state index in [4.69, 9.17) is 19.3 Å². The molecule has 0 saturated heterocycles. The maximum absolute atomic E-state index is 13.8. The monoisotopic (exact) mass is 410 g/mol. The Hall–Kier alpha value is -3.18. The first-order valence-electron chi connectivity index (χ1n) is 7.93. The van der Waals surface area contributed by atoms with E-state index in [0.29, 0.717) is 30.4 Å². The third-order valence-corrected chi connectivity index (χ3v) is 4.56. The predicted octanol–water partition coefficient (Wildman–Crippen LogP) is 1.04. The quantitative estimate of drug-likeness (QED) is 0.704. The Labute approximate surface area is 159 Å². The molecular formula is C17H15FN2O7S. The van der Waals surface area contributed by atoms with E-state index >= 15 is 0 Å². The number of nitrogens with two attached hydrogens (primary N) is 1. The number of amides is 1. The zero-order chi connectivity index (χ0) is 20.3. The van der Waals surface area contributed by atoms with Gasteiger partial charge in [0.2, 0.25) is 10.0 Å². The topological polar surface area (TPSA) is 134 Å². The standard InChI is InChI=1S/C17H15FN2O7S/c18-13-3-2-11(28(19,23)24)8-12(13)17(22)27-9-16(21)20-10-1-4-14-15(7-10)26-6-5-25-14/h1-4,7-8H,5-6,9H2,(H,20,21)(H2,19,23,24). The van der Waals surface area contributed by atoms with E-state index in [2.05, 4.69) is 5.32 Å². The summed E-state index contributed by atoms with van der Waals surface area (Å²) in [6, 6.07) is 7.16. The van der Waals surface area contributed by atoms with Gasteiger partial charge in [0.15, 0.2) is 18.1 Å². The van der Waals surface area contributed by atoms with Crippen molar-refractivity contribution in [3.63, 3.8) is 0 Å². The van der Waals surface area contributed by atoms with E-state index in [1.54, 1.807) is 18.2 Å². The lowest BCUT2D eigenvalue weighted by molar-refractivity contribution is -0.119. The van der Waals surface area contributed by atoms with Gasteiger partial charge in [-0.15, -0.1) is 0 Å². The summed E-state index contributed by atoms with van der Waals surface area (Å²) in [7, 11) is -4.13. The van der Waals surface area contributed by atoms with Crippen LogP contribution >= 0.6 is 0 Å². The maximum Gasteiger partial charge on any atom is 0.341 e. The fourth-order valence-electron chi connectivity index (χ4n) is 2.36. The number of anilines is 1. The first kappa shape index (κ1) is 19.6. The minimum absolute atomic E-state index is 0.380. The van der Waals surface area contributed by atoms with Gasteiger partial charge in [0.05, 0.1) is 10.5 Å². The molecule has 0 aliphatic carbocycles. The molecule has 2 aromatic rings. The molecule has 0 fully saturated rings. The molecule has 1 heterocycles. The summed E-state index contributed by atoms with van der Waals surface area (Å²) in [5.74, 6) is -1.90. The molecule has 3 N–H and O–H groups in total. The summed E-state index contributed by atoms with van der Waals surface area (Å²) >= 11 is 0. The summed E-state index contributed by atoms with van der Waals surface area (Å²) in [5.41, 5.74) is -0.272. The van der Waals surface area contributed by atoms with Crippen molar-refractivity contribution in [2.24, 2.45) is 5.14 Å². The van der Waals surface area contributed by atoms with Gasteiger partial charge in [0, 0.05) is 11.8 Å². The van der Waals surface area contributed by atoms with E-state index in [0.717, 1.165) is 18.2 Å². The normalized spacial score (nSPS) is 12.9. The van der Waals surface area contributed by atoms with E-state index in [-0.39, 0.29) is 0 Å². The van der Waals surface area contributed by atoms with E-state index in [1.807, 2.05) is 0 Å². The Kier molecular flexibility index (Phi) is 5.47. The Morgan fingerprint density at radius 2 is 1.82 bits per heavy atom. The number of fused-ring (bicyclic) bond motifs is 1. The Bertz CT molecular complexity index is 1040. The molecule has 0 unspecified atom stereocenters. The van der Waals surface area contributed by atoms with Crippen LogP contribution in [0.2, 0.25) is 0 Å². The highest BCUT2D eigenvalue weighted by atomic mass is 32.2. The zero-order valence-corrected chi connectivity index (χ0v) is 15.1. The number of ether oxygens (including phenoxy) is 3. The second-order valence-corrected chi connectivity index (χ2v) is 7.23. The zero-order valence-electron chi connectivity index (χ0n) is 14.3. The molecule has 0 aromatic heterocycles. The predicted molar refractivity (Wildman–Crippen MR) is 94.1 cm³/mol. The highest BCUT2D eigenvalue weighted by Crippen LogP contribution is 2.32. The molecule has 1 amide bonds. The van der Waals surface area contributed by atoms with Gasteiger partial charge in [0.1, 0.15) is 19.0 Å². The number of hydrogen-bond donors (Lipinski definition) is 2. The van der Waals surface area contributed by atoms with Crippen molar-refractivity contribution in [2.45, 2.75) is 4.90 Å². The molecule has 0 atom stereocenters. The summed E-state index contributed by atoms with van der Waals surface area (Å²) in [6.07, 6.45) is 0. The van der Waals surface area contributed by atoms with E-state index in [9.17, 15) is 22.4 Å². The molecule has 2 aromatic carbocycles. The maximum atomic E-state index is 13.8. The fraction of sp³-hybridized carbons (Fsp3) is 0.176. The summed E-state index contributed by atoms with van der Waals surface area (Å²) in [6.45, 7) is 0.0926. The van der Waals surface area contributed by atoms with Crippen molar-refractivity contribution < 1.29 is 36.6 Å². The van der Waals surface area contributed by atoms with Gasteiger partial charge < -0.3 is 19.5 Å². The summed E-state index contributed by atoms with van der Waals surface area (Å²) < 4.78 is 51.9. The van der Waals surface area contributed by atoms with Crippen LogP contribution in [-0.2, 0) is 19.6 Å². The summed E-state index contributed by atoms with van der Waals surface area (Å²) in [4.78, 5) is 23.5. The van der Waals surface area contributed by atoms with Crippen LogP contribution in [0.15, 0.2) is 41.3 Å². The van der Waals surface area contributed by atoms with Crippen molar-refractivity contribution in [3.8, 4) is 11.5 Å². The fourth-order valence-corrected chi connectivity index (χ4v) is 2.90. The second-order valence-electron chi connectivity index (χ2n) is 5.67. The molecule has 0 radical (unpaired) electrons. The minimum Gasteiger partial charge on any atom is -0.486 e. The van der Waals surface area contributed by atoms with Gasteiger partial charge in [-0.2, -0.15) is 0 Å². The minimum atomic E-state index is -4.13. The lowest BCUT2D eigenvalue weighted by Crippen LogP contribution is -2.22. The van der Waals surface area contributed by atoms with Crippen molar-refractivity contribution in [1.29, 1.82) is 0 Å². The van der Waals surface area contributed by atoms with Gasteiger partial charge in [-0.05, 0) is 30.3 Å². The number of nitrogens with one attached hydrogen (secondary N) is 1. The summed E-state index contributed by atoms with van der Waals surface area (Å²) in [5, 5.41) is 7.43. The average molecular weight is 410 g/mol. The van der Waals surface area contributed by atoms with Gasteiger partial charge >= 0.3 is 5.97 Å². The Balaban J connectivity index is 1.62. The molecule has 0 bridgehead atoms. The number of sulfonamides is 1. The second kappa shape index (κ2) is 7.82. The first-order chi connectivity index (χ1) is 13.2. The molecule has 28 heavy (non-hydrogen) atoms. The van der Waals surface area contributed by atoms with Crippen LogP contribution in [0.5, 0.6) is 11.5 Å². The number of primary sulfonamides is 1. The van der Waals surface area contributed by atoms with Crippen LogP contribution in [0.4, 0.5) is 10.1 Å². The first-order valence-corrected chi connectivity index (χ1v) is 9.47. The molecule has 1 aliphatic heterocycles. The number of carbonyl (C=O) groups is 2. The van der Waals surface area contributed by atoms with Gasteiger partial charge in [0.25, 0.3) is 5.91 Å². The van der Waals surface area contributed by atoms with Crippen molar-refractivity contribution in [2.75, 3.05) is 25.1 Å². The molecule has 148 valence electrons. The SMILES string of the molecule is NS(=O)(=O)c1ccc(F)c(C(=O)OCC(=O)Nc2ccc3c(c2)OCCO3)c1. The highest BCUT2D eigenvalue weighted by molar-refractivity contribution is 7.89. The van der Waals surface area contributed by atoms with E-state index < -0.39 is 44.8 Å². The van der Waals surface area contributed by atoms with Crippen molar-refractivity contribution >= 4 is 27.6 Å². The smallest absolute Gasteiger partial charge is 0.341 e. The largest absolute Gasteiger partial charge is 0.486 e. The van der Waals surface area contributed by atoms with Crippen molar-refractivity contribution in [3.05, 3.63) is 47.8 Å². The third-order valence-electron chi connectivity index (χ3n) is 3.65. The molecular weight excluding hydrogens is 395 g/mol. The Morgan fingerprint density at radius 3 is 2.54 bits per heavy atom. The molecule has 11 heteroatoms. The number of benzene rings is 2. The van der Waals surface area contributed by atoms with Gasteiger partial charge in [-0.1, -0.05) is 0 Å². The lowest BCUT2D eigenvalue weighted by atomic mass is 10.2. The number of esters is 1. The third kappa shape index (κ3) is 4.56. The van der Waals surface area contributed by atoms with Gasteiger partial charge in [-0.3, -0.25) is 4.79 Å². The van der Waals surface area contributed by atoms with Crippen LogP contribution < -0.4 is 19.9 Å². The number of carbonyl (C=O) groups excluding carboxylic acids is 2. The molecule has 0 saturated carbocycles.